The highest BCUT2D eigenvalue weighted by atomic mass is 16.3. The Labute approximate surface area is 187 Å². The van der Waals surface area contributed by atoms with Crippen LogP contribution in [0.25, 0.3) is 16.8 Å². The van der Waals surface area contributed by atoms with Gasteiger partial charge in [-0.25, -0.2) is 9.97 Å². The van der Waals surface area contributed by atoms with E-state index in [-0.39, 0.29) is 5.75 Å². The van der Waals surface area contributed by atoms with Gasteiger partial charge in [-0.15, -0.1) is 0 Å². The summed E-state index contributed by atoms with van der Waals surface area (Å²) in [6.07, 6.45) is 5.00. The van der Waals surface area contributed by atoms with Crippen LogP contribution in [0, 0.1) is 0 Å². The van der Waals surface area contributed by atoms with Crippen molar-refractivity contribution in [1.29, 1.82) is 0 Å². The molecule has 0 fully saturated rings. The maximum Gasteiger partial charge on any atom is 0.120 e. The quantitative estimate of drug-likeness (QED) is 0.374. The molecule has 4 aromatic rings. The van der Waals surface area contributed by atoms with Gasteiger partial charge in [0.25, 0.3) is 0 Å². The lowest BCUT2D eigenvalue weighted by Gasteiger charge is -2.18. The molecule has 0 amide bonds. The number of aromatic nitrogens is 2. The zero-order chi connectivity index (χ0) is 22.3. The standard InChI is InChI=1S/C27H24N4O/c1-19(23-15-28-18-29-16-23)31-25-13-8-12-24(21-9-4-3-5-10-21)27(25)20(2)30-17-22-11-6-7-14-26(22)32/h3-16,18,30,32H,2,17H2,1H3/b31-19+. The minimum Gasteiger partial charge on any atom is -0.508 e. The highest BCUT2D eigenvalue weighted by Gasteiger charge is 2.14. The van der Waals surface area contributed by atoms with Gasteiger partial charge in [-0.3, -0.25) is 4.99 Å². The normalized spacial score (nSPS) is 11.2. The Morgan fingerprint density at radius 1 is 0.938 bits per heavy atom. The van der Waals surface area contributed by atoms with Crippen molar-refractivity contribution >= 4 is 17.1 Å². The summed E-state index contributed by atoms with van der Waals surface area (Å²) in [5, 5.41) is 13.5. The molecule has 32 heavy (non-hydrogen) atoms. The molecule has 0 saturated carbocycles. The number of phenolic OH excluding ortho intramolecular Hbond substituents is 1. The van der Waals surface area contributed by atoms with E-state index < -0.39 is 0 Å². The van der Waals surface area contributed by atoms with E-state index in [4.69, 9.17) is 4.99 Å². The van der Waals surface area contributed by atoms with E-state index in [2.05, 4.69) is 40.1 Å². The summed E-state index contributed by atoms with van der Waals surface area (Å²) in [5.74, 6) is 0.252. The van der Waals surface area contributed by atoms with Gasteiger partial charge >= 0.3 is 0 Å². The number of hydrogen-bond donors (Lipinski definition) is 2. The summed E-state index contributed by atoms with van der Waals surface area (Å²) in [4.78, 5) is 13.1. The Morgan fingerprint density at radius 3 is 2.41 bits per heavy atom. The average molecular weight is 421 g/mol. The Kier molecular flexibility index (Phi) is 6.37. The van der Waals surface area contributed by atoms with Crippen molar-refractivity contribution in [3.05, 3.63) is 115 Å². The van der Waals surface area contributed by atoms with E-state index in [1.54, 1.807) is 24.5 Å². The number of aromatic hydroxyl groups is 1. The summed E-state index contributed by atoms with van der Waals surface area (Å²) >= 11 is 0. The van der Waals surface area contributed by atoms with E-state index in [9.17, 15) is 5.11 Å². The number of phenols is 1. The molecule has 3 aromatic carbocycles. The predicted molar refractivity (Wildman–Crippen MR) is 130 cm³/mol. The van der Waals surface area contributed by atoms with E-state index in [1.807, 2.05) is 49.4 Å². The van der Waals surface area contributed by atoms with Crippen LogP contribution in [-0.4, -0.2) is 20.8 Å². The molecule has 2 N–H and O–H groups in total. The molecule has 0 aliphatic carbocycles. The fraction of sp³-hybridized carbons (Fsp3) is 0.0741. The minimum absolute atomic E-state index is 0.252. The summed E-state index contributed by atoms with van der Waals surface area (Å²) in [6.45, 7) is 6.70. The van der Waals surface area contributed by atoms with Gasteiger partial charge in [-0.2, -0.15) is 0 Å². The van der Waals surface area contributed by atoms with E-state index in [0.717, 1.165) is 44.9 Å². The predicted octanol–water partition coefficient (Wildman–Crippen LogP) is 5.75. The zero-order valence-corrected chi connectivity index (χ0v) is 17.9. The van der Waals surface area contributed by atoms with Crippen LogP contribution < -0.4 is 5.32 Å². The molecule has 158 valence electrons. The lowest BCUT2D eigenvalue weighted by Crippen LogP contribution is -2.12. The van der Waals surface area contributed by atoms with Gasteiger partial charge in [0.05, 0.1) is 5.69 Å². The van der Waals surface area contributed by atoms with E-state index >= 15 is 0 Å². The molecule has 5 heteroatoms. The molecule has 1 aromatic heterocycles. The Morgan fingerprint density at radius 2 is 1.66 bits per heavy atom. The first-order chi connectivity index (χ1) is 15.6. The fourth-order valence-electron chi connectivity index (χ4n) is 3.49. The topological polar surface area (TPSA) is 70.4 Å². The summed E-state index contributed by atoms with van der Waals surface area (Å²) in [6, 6.07) is 23.5. The van der Waals surface area contributed by atoms with Crippen molar-refractivity contribution in [3.8, 4) is 16.9 Å². The fourth-order valence-corrected chi connectivity index (χ4v) is 3.49. The van der Waals surface area contributed by atoms with Crippen molar-refractivity contribution in [2.75, 3.05) is 0 Å². The zero-order valence-electron chi connectivity index (χ0n) is 17.9. The number of hydrogen-bond acceptors (Lipinski definition) is 5. The number of rotatable bonds is 7. The third-order valence-electron chi connectivity index (χ3n) is 5.18. The molecule has 0 spiro atoms. The second-order valence-corrected chi connectivity index (χ2v) is 7.35. The van der Waals surface area contributed by atoms with Gasteiger partial charge in [0, 0.05) is 47.0 Å². The number of para-hydroxylation sites is 1. The SMILES string of the molecule is C=C(NCc1ccccc1O)c1c(/N=C(\C)c2cncnc2)cccc1-c1ccccc1. The van der Waals surface area contributed by atoms with Crippen LogP contribution in [0.5, 0.6) is 5.75 Å². The van der Waals surface area contributed by atoms with Gasteiger partial charge in [-0.05, 0) is 30.2 Å². The number of nitrogens with zero attached hydrogens (tertiary/aromatic N) is 3. The molecule has 0 saturated heterocycles. The largest absolute Gasteiger partial charge is 0.508 e. The number of benzene rings is 3. The van der Waals surface area contributed by atoms with Crippen molar-refractivity contribution in [2.24, 2.45) is 4.99 Å². The molecule has 5 nitrogen and oxygen atoms in total. The van der Waals surface area contributed by atoms with Crippen LogP contribution in [0.1, 0.15) is 23.6 Å². The lowest BCUT2D eigenvalue weighted by atomic mass is 9.96. The molecule has 1 heterocycles. The van der Waals surface area contributed by atoms with Crippen molar-refractivity contribution in [2.45, 2.75) is 13.5 Å². The first-order valence-corrected chi connectivity index (χ1v) is 10.3. The highest BCUT2D eigenvalue weighted by Crippen LogP contribution is 2.35. The molecular formula is C27H24N4O. The van der Waals surface area contributed by atoms with Crippen LogP contribution in [0.3, 0.4) is 0 Å². The molecule has 0 aliphatic rings. The first-order valence-electron chi connectivity index (χ1n) is 10.3. The van der Waals surface area contributed by atoms with Crippen LogP contribution >= 0.6 is 0 Å². The van der Waals surface area contributed by atoms with Crippen LogP contribution in [0.2, 0.25) is 0 Å². The monoisotopic (exact) mass is 420 g/mol. The molecule has 0 bridgehead atoms. The molecule has 0 atom stereocenters. The van der Waals surface area contributed by atoms with Gasteiger partial charge < -0.3 is 10.4 Å². The highest BCUT2D eigenvalue weighted by molar-refractivity contribution is 6.01. The van der Waals surface area contributed by atoms with Crippen molar-refractivity contribution in [1.82, 2.24) is 15.3 Å². The molecule has 0 aliphatic heterocycles. The number of nitrogens with one attached hydrogen (secondary N) is 1. The van der Waals surface area contributed by atoms with Gasteiger partial charge in [0.1, 0.15) is 12.1 Å². The Hall–Kier alpha value is -4.25. The molecule has 0 radical (unpaired) electrons. The molecular weight excluding hydrogens is 396 g/mol. The van der Waals surface area contributed by atoms with Crippen molar-refractivity contribution < 1.29 is 5.11 Å². The summed E-state index contributed by atoms with van der Waals surface area (Å²) in [7, 11) is 0. The third-order valence-corrected chi connectivity index (χ3v) is 5.18. The van der Waals surface area contributed by atoms with Gasteiger partial charge in [0.2, 0.25) is 0 Å². The average Bonchev–Trinajstić information content (AvgIpc) is 2.84. The molecule has 0 unspecified atom stereocenters. The van der Waals surface area contributed by atoms with Crippen LogP contribution in [0.4, 0.5) is 5.69 Å². The van der Waals surface area contributed by atoms with Crippen LogP contribution in [0.15, 0.2) is 103 Å². The van der Waals surface area contributed by atoms with E-state index in [1.165, 1.54) is 6.33 Å². The maximum atomic E-state index is 10.1. The third kappa shape index (κ3) is 4.73. The second kappa shape index (κ2) is 9.71. The Bertz CT molecular complexity index is 1250. The number of aliphatic imine (C=N–C) groups is 1. The minimum atomic E-state index is 0.252. The Balaban J connectivity index is 1.75. The lowest BCUT2D eigenvalue weighted by molar-refractivity contribution is 0.467. The maximum absolute atomic E-state index is 10.1. The smallest absolute Gasteiger partial charge is 0.120 e. The molecule has 4 rings (SSSR count). The van der Waals surface area contributed by atoms with Gasteiger partial charge in [-0.1, -0.05) is 67.2 Å². The van der Waals surface area contributed by atoms with Gasteiger partial charge in [0.15, 0.2) is 0 Å². The van der Waals surface area contributed by atoms with Crippen molar-refractivity contribution in [3.63, 3.8) is 0 Å². The first kappa shape index (κ1) is 21.0. The van der Waals surface area contributed by atoms with E-state index in [0.29, 0.717) is 6.54 Å². The second-order valence-electron chi connectivity index (χ2n) is 7.35. The summed E-state index contributed by atoms with van der Waals surface area (Å²) in [5.41, 5.74) is 7.00. The van der Waals surface area contributed by atoms with Crippen LogP contribution in [-0.2, 0) is 6.54 Å². The summed E-state index contributed by atoms with van der Waals surface area (Å²) < 4.78 is 0.